The summed E-state index contributed by atoms with van der Waals surface area (Å²) in [4.78, 5) is 28.6. The molecule has 0 radical (unpaired) electrons. The Bertz CT molecular complexity index is 752. The van der Waals surface area contributed by atoms with E-state index in [1.807, 2.05) is 26.0 Å². The molecule has 3 atom stereocenters. The van der Waals surface area contributed by atoms with E-state index in [4.69, 9.17) is 17.0 Å². The highest BCUT2D eigenvalue weighted by atomic mass is 79.9. The summed E-state index contributed by atoms with van der Waals surface area (Å²) in [5.41, 5.74) is 0.561. The van der Waals surface area contributed by atoms with E-state index >= 15 is 0 Å². The Morgan fingerprint density at radius 2 is 1.88 bits per heavy atom. The van der Waals surface area contributed by atoms with E-state index < -0.39 is 5.25 Å². The molecule has 2 fully saturated rings. The number of halogens is 2. The van der Waals surface area contributed by atoms with E-state index in [-0.39, 0.29) is 30.4 Å². The summed E-state index contributed by atoms with van der Waals surface area (Å²) in [5, 5.41) is -0.487. The van der Waals surface area contributed by atoms with Crippen molar-refractivity contribution in [1.29, 1.82) is 0 Å². The van der Waals surface area contributed by atoms with Crippen LogP contribution >= 0.6 is 55.8 Å². The minimum Gasteiger partial charge on any atom is -0.372 e. The molecule has 0 N–H and O–H groups in total. The number of hydrogen-bond acceptors (Lipinski definition) is 5. The van der Waals surface area contributed by atoms with Gasteiger partial charge in [-0.25, -0.2) is 4.90 Å². The van der Waals surface area contributed by atoms with E-state index in [1.54, 1.807) is 6.07 Å². The molecule has 0 aromatic heterocycles. The molecule has 2 aliphatic heterocycles. The molecule has 140 valence electrons. The van der Waals surface area contributed by atoms with Gasteiger partial charge in [0.1, 0.15) is 9.57 Å². The molecule has 3 rings (SSSR count). The van der Waals surface area contributed by atoms with Crippen LogP contribution in [-0.4, -0.2) is 51.6 Å². The predicted molar refractivity (Wildman–Crippen MR) is 115 cm³/mol. The Morgan fingerprint density at radius 1 is 1.23 bits per heavy atom. The highest BCUT2D eigenvalue weighted by Gasteiger charge is 2.42. The number of amides is 2. The molecule has 2 aliphatic rings. The van der Waals surface area contributed by atoms with Gasteiger partial charge in [-0.05, 0) is 48.0 Å². The molecule has 26 heavy (non-hydrogen) atoms. The van der Waals surface area contributed by atoms with Gasteiger partial charge in [0.05, 0.1) is 17.9 Å². The Labute approximate surface area is 179 Å². The number of carbonyl (C=O) groups excluding carboxylic acids is 2. The van der Waals surface area contributed by atoms with Crippen molar-refractivity contribution in [3.05, 3.63) is 27.1 Å². The van der Waals surface area contributed by atoms with Crippen LogP contribution in [0, 0.1) is 0 Å². The quantitative estimate of drug-likeness (QED) is 0.433. The molecule has 5 nitrogen and oxygen atoms in total. The van der Waals surface area contributed by atoms with Crippen LogP contribution in [-0.2, 0) is 14.3 Å². The van der Waals surface area contributed by atoms with Gasteiger partial charge in [-0.15, -0.1) is 0 Å². The monoisotopic (exact) mass is 520 g/mol. The standard InChI is InChI=1S/C17H18Br2N2O3S2/c1-9-7-20(8-10(2)24-9)17(25)26-14-6-15(22)21(16(14)23)13-4-3-11(18)5-12(13)19/h3-5,9-10,14H,6-8H2,1-2H3/t9-,10+,14-/m0/s1. The third-order valence-corrected chi connectivity index (χ3v) is 6.96. The maximum absolute atomic E-state index is 12.8. The molecule has 2 heterocycles. The zero-order chi connectivity index (χ0) is 19.0. The minimum absolute atomic E-state index is 0.0911. The van der Waals surface area contributed by atoms with Crippen LogP contribution in [0.5, 0.6) is 0 Å². The highest BCUT2D eigenvalue weighted by Crippen LogP contribution is 2.36. The van der Waals surface area contributed by atoms with Crippen LogP contribution < -0.4 is 4.90 Å². The van der Waals surface area contributed by atoms with Gasteiger partial charge in [-0.3, -0.25) is 9.59 Å². The summed E-state index contributed by atoms with van der Waals surface area (Å²) in [5.74, 6) is -0.429. The second-order valence-electron chi connectivity index (χ2n) is 6.40. The van der Waals surface area contributed by atoms with Crippen LogP contribution in [0.4, 0.5) is 5.69 Å². The van der Waals surface area contributed by atoms with Crippen molar-refractivity contribution in [2.24, 2.45) is 0 Å². The molecule has 0 spiro atoms. The zero-order valence-electron chi connectivity index (χ0n) is 14.3. The van der Waals surface area contributed by atoms with Crippen molar-refractivity contribution in [1.82, 2.24) is 4.90 Å². The average Bonchev–Trinajstić information content (AvgIpc) is 2.81. The largest absolute Gasteiger partial charge is 0.372 e. The SMILES string of the molecule is C[C@@H]1CN(C(=S)S[C@H]2CC(=O)N(c3ccc(Br)cc3Br)C2=O)C[C@H](C)O1. The van der Waals surface area contributed by atoms with Gasteiger partial charge in [0.2, 0.25) is 11.8 Å². The Hall–Kier alpha value is -0.480. The van der Waals surface area contributed by atoms with Gasteiger partial charge < -0.3 is 9.64 Å². The number of rotatable bonds is 2. The van der Waals surface area contributed by atoms with Crippen molar-refractivity contribution in [3.63, 3.8) is 0 Å². The van der Waals surface area contributed by atoms with E-state index in [1.165, 1.54) is 16.7 Å². The fraction of sp³-hybridized carbons (Fsp3) is 0.471. The number of morpholine rings is 1. The Kier molecular flexibility index (Phi) is 6.44. The first kappa shape index (κ1) is 20.3. The van der Waals surface area contributed by atoms with E-state index in [9.17, 15) is 9.59 Å². The number of hydrogen-bond donors (Lipinski definition) is 0. The molecular weight excluding hydrogens is 504 g/mol. The summed E-state index contributed by atoms with van der Waals surface area (Å²) in [6.07, 6.45) is 0.337. The van der Waals surface area contributed by atoms with Crippen molar-refractivity contribution >= 4 is 77.7 Å². The summed E-state index contributed by atoms with van der Waals surface area (Å²) < 4.78 is 7.93. The predicted octanol–water partition coefficient (Wildman–Crippen LogP) is 3.97. The van der Waals surface area contributed by atoms with Crippen molar-refractivity contribution in [2.45, 2.75) is 37.7 Å². The second-order valence-corrected chi connectivity index (χ2v) is 10.0. The molecule has 1 aromatic rings. The lowest BCUT2D eigenvalue weighted by Crippen LogP contribution is -2.47. The van der Waals surface area contributed by atoms with Crippen LogP contribution in [0.15, 0.2) is 27.1 Å². The molecule has 9 heteroatoms. The van der Waals surface area contributed by atoms with Crippen LogP contribution in [0.2, 0.25) is 0 Å². The maximum atomic E-state index is 12.8. The number of imide groups is 1. The molecule has 0 aliphatic carbocycles. The van der Waals surface area contributed by atoms with Gasteiger partial charge in [0.25, 0.3) is 0 Å². The minimum atomic E-state index is -0.487. The van der Waals surface area contributed by atoms with E-state index in [0.717, 1.165) is 4.47 Å². The summed E-state index contributed by atoms with van der Waals surface area (Å²) in [7, 11) is 0. The fourth-order valence-corrected chi connectivity index (χ4v) is 5.83. The first-order valence-corrected chi connectivity index (χ1v) is 11.1. The van der Waals surface area contributed by atoms with E-state index in [2.05, 4.69) is 36.8 Å². The third-order valence-electron chi connectivity index (χ3n) is 4.18. The smallest absolute Gasteiger partial charge is 0.247 e. The summed E-state index contributed by atoms with van der Waals surface area (Å²) >= 11 is 13.7. The molecule has 0 bridgehead atoms. The molecule has 0 saturated carbocycles. The lowest BCUT2D eigenvalue weighted by Gasteiger charge is -2.36. The number of thioether (sulfide) groups is 1. The Morgan fingerprint density at radius 3 is 2.50 bits per heavy atom. The van der Waals surface area contributed by atoms with Crippen molar-refractivity contribution < 1.29 is 14.3 Å². The van der Waals surface area contributed by atoms with E-state index in [0.29, 0.717) is 27.6 Å². The normalized spacial score (nSPS) is 26.5. The third kappa shape index (κ3) is 4.32. The average molecular weight is 522 g/mol. The Balaban J connectivity index is 1.71. The zero-order valence-corrected chi connectivity index (χ0v) is 19.1. The molecule has 0 unspecified atom stereocenters. The summed E-state index contributed by atoms with van der Waals surface area (Å²) in [6, 6.07) is 5.38. The van der Waals surface area contributed by atoms with Crippen LogP contribution in [0.25, 0.3) is 0 Å². The number of nitrogens with zero attached hydrogens (tertiary/aromatic N) is 2. The van der Waals surface area contributed by atoms with Gasteiger partial charge in [-0.1, -0.05) is 39.9 Å². The number of carbonyl (C=O) groups is 2. The molecule has 1 aromatic carbocycles. The molecular formula is C17H18Br2N2O3S2. The summed E-state index contributed by atoms with van der Waals surface area (Å²) in [6.45, 7) is 5.42. The second kappa shape index (κ2) is 8.26. The molecule has 2 amide bonds. The fourth-order valence-electron chi connectivity index (χ4n) is 3.14. The lowest BCUT2D eigenvalue weighted by molar-refractivity contribution is -0.121. The van der Waals surface area contributed by atoms with Gasteiger partial charge >= 0.3 is 0 Å². The number of benzene rings is 1. The van der Waals surface area contributed by atoms with Gasteiger partial charge in [0.15, 0.2) is 0 Å². The maximum Gasteiger partial charge on any atom is 0.247 e. The van der Waals surface area contributed by atoms with Crippen molar-refractivity contribution in [2.75, 3.05) is 18.0 Å². The van der Waals surface area contributed by atoms with Crippen LogP contribution in [0.1, 0.15) is 20.3 Å². The number of thiocarbonyl (C=S) groups is 1. The first-order chi connectivity index (χ1) is 12.3. The topological polar surface area (TPSA) is 49.9 Å². The molecule has 2 saturated heterocycles. The van der Waals surface area contributed by atoms with Crippen LogP contribution in [0.3, 0.4) is 0 Å². The number of ether oxygens (including phenoxy) is 1. The van der Waals surface area contributed by atoms with Crippen molar-refractivity contribution in [3.8, 4) is 0 Å². The van der Waals surface area contributed by atoms with Gasteiger partial charge in [-0.2, -0.15) is 0 Å². The number of anilines is 1. The first-order valence-electron chi connectivity index (χ1n) is 8.19. The lowest BCUT2D eigenvalue weighted by atomic mass is 10.2. The highest BCUT2D eigenvalue weighted by molar-refractivity contribution is 9.11. The van der Waals surface area contributed by atoms with Gasteiger partial charge in [0, 0.05) is 28.5 Å².